The molecule has 0 spiro atoms. The third kappa shape index (κ3) is 5.38. The van der Waals surface area contributed by atoms with Gasteiger partial charge < -0.3 is 14.6 Å². The van der Waals surface area contributed by atoms with Crippen molar-refractivity contribution in [3.63, 3.8) is 0 Å². The summed E-state index contributed by atoms with van der Waals surface area (Å²) in [6.45, 7) is 8.16. The smallest absolute Gasteiger partial charge is 0.234 e. The quantitative estimate of drug-likeness (QED) is 0.549. The highest BCUT2D eigenvalue weighted by molar-refractivity contribution is 7.99. The first-order valence-electron chi connectivity index (χ1n) is 8.67. The van der Waals surface area contributed by atoms with Gasteiger partial charge in [-0.25, -0.2) is 4.39 Å². The van der Waals surface area contributed by atoms with Crippen molar-refractivity contribution in [2.24, 2.45) is 0 Å². The number of hydrogen-bond donors (Lipinski definition) is 1. The number of ether oxygens (including phenoxy) is 1. The molecule has 1 amide bonds. The Morgan fingerprint density at radius 3 is 2.85 bits per heavy atom. The zero-order valence-corrected chi connectivity index (χ0v) is 15.8. The second-order valence-electron chi connectivity index (χ2n) is 6.00. The number of thioether (sulfide) groups is 1. The minimum Gasteiger partial charge on any atom is -0.379 e. The highest BCUT2D eigenvalue weighted by Gasteiger charge is 2.18. The maximum Gasteiger partial charge on any atom is 0.234 e. The summed E-state index contributed by atoms with van der Waals surface area (Å²) in [5.41, 5.74) is 0.170. The first-order chi connectivity index (χ1) is 13.2. The van der Waals surface area contributed by atoms with Crippen molar-refractivity contribution in [2.45, 2.75) is 18.2 Å². The summed E-state index contributed by atoms with van der Waals surface area (Å²) >= 11 is 1.27. The fraction of sp³-hybridized carbons (Fsp3) is 0.389. The molecule has 0 bridgehead atoms. The monoisotopic (exact) mass is 391 g/mol. The van der Waals surface area contributed by atoms with E-state index in [1.807, 2.05) is 4.57 Å². The van der Waals surface area contributed by atoms with E-state index < -0.39 is 5.82 Å². The van der Waals surface area contributed by atoms with Gasteiger partial charge in [-0.05, 0) is 12.1 Å². The van der Waals surface area contributed by atoms with Crippen LogP contribution in [0.1, 0.15) is 5.82 Å². The number of amides is 1. The van der Waals surface area contributed by atoms with Crippen LogP contribution in [0.4, 0.5) is 10.1 Å². The van der Waals surface area contributed by atoms with E-state index in [0.717, 1.165) is 18.9 Å². The number of morpholine rings is 1. The number of allylic oxidation sites excluding steroid dienone is 1. The number of hydrogen-bond acceptors (Lipinski definition) is 6. The Morgan fingerprint density at radius 2 is 2.11 bits per heavy atom. The van der Waals surface area contributed by atoms with Gasteiger partial charge in [0.25, 0.3) is 0 Å². The molecular weight excluding hydrogens is 369 g/mol. The standard InChI is InChI=1S/C18H22FN5O2S/c1-2-7-24-16(12-23-8-10-26-11-9-23)21-22-18(24)27-13-17(25)20-15-6-4-3-5-14(15)19/h2-6H,1,7-13H2,(H,20,25). The van der Waals surface area contributed by atoms with Gasteiger partial charge in [0.15, 0.2) is 5.16 Å². The number of halogens is 1. The third-order valence-electron chi connectivity index (χ3n) is 4.05. The number of anilines is 1. The predicted molar refractivity (Wildman–Crippen MR) is 102 cm³/mol. The van der Waals surface area contributed by atoms with Crippen LogP contribution in [0, 0.1) is 5.82 Å². The highest BCUT2D eigenvalue weighted by atomic mass is 32.2. The summed E-state index contributed by atoms with van der Waals surface area (Å²) < 4.78 is 20.9. The number of aromatic nitrogens is 3. The van der Waals surface area contributed by atoms with Gasteiger partial charge in [0.1, 0.15) is 11.6 Å². The van der Waals surface area contributed by atoms with E-state index in [0.29, 0.717) is 31.5 Å². The molecular formula is C18H22FN5O2S. The Hall–Kier alpha value is -2.23. The summed E-state index contributed by atoms with van der Waals surface area (Å²) in [6.07, 6.45) is 1.77. The second-order valence-corrected chi connectivity index (χ2v) is 6.95. The van der Waals surface area contributed by atoms with E-state index >= 15 is 0 Å². The molecule has 2 aromatic rings. The first kappa shape index (κ1) is 19.5. The van der Waals surface area contributed by atoms with Crippen LogP contribution in [0.2, 0.25) is 0 Å². The van der Waals surface area contributed by atoms with Gasteiger partial charge in [-0.15, -0.1) is 16.8 Å². The summed E-state index contributed by atoms with van der Waals surface area (Å²) in [6, 6.07) is 6.08. The lowest BCUT2D eigenvalue weighted by Gasteiger charge is -2.26. The Kier molecular flexibility index (Phi) is 6.97. The van der Waals surface area contributed by atoms with Gasteiger partial charge in [0.05, 0.1) is 31.2 Å². The van der Waals surface area contributed by atoms with Gasteiger partial charge in [0, 0.05) is 19.6 Å². The van der Waals surface area contributed by atoms with Crippen molar-refractivity contribution in [1.82, 2.24) is 19.7 Å². The van der Waals surface area contributed by atoms with Crippen molar-refractivity contribution in [3.05, 3.63) is 48.6 Å². The van der Waals surface area contributed by atoms with Crippen LogP contribution < -0.4 is 5.32 Å². The molecule has 2 heterocycles. The fourth-order valence-corrected chi connectivity index (χ4v) is 3.46. The fourth-order valence-electron chi connectivity index (χ4n) is 2.69. The normalized spacial score (nSPS) is 14.9. The molecule has 27 heavy (non-hydrogen) atoms. The average Bonchev–Trinajstić information content (AvgIpc) is 3.05. The molecule has 0 atom stereocenters. The van der Waals surface area contributed by atoms with Gasteiger partial charge in [0.2, 0.25) is 5.91 Å². The number of carbonyl (C=O) groups is 1. The summed E-state index contributed by atoms with van der Waals surface area (Å²) in [5.74, 6) is 0.182. The van der Waals surface area contributed by atoms with Crippen LogP contribution >= 0.6 is 11.8 Å². The molecule has 1 fully saturated rings. The maximum atomic E-state index is 13.6. The molecule has 0 saturated carbocycles. The maximum absolute atomic E-state index is 13.6. The third-order valence-corrected chi connectivity index (χ3v) is 5.02. The van der Waals surface area contributed by atoms with E-state index in [4.69, 9.17) is 4.74 Å². The largest absolute Gasteiger partial charge is 0.379 e. The van der Waals surface area contributed by atoms with E-state index in [2.05, 4.69) is 27.0 Å². The number of nitrogens with zero attached hydrogens (tertiary/aromatic N) is 4. The zero-order chi connectivity index (χ0) is 19.1. The lowest BCUT2D eigenvalue weighted by Crippen LogP contribution is -2.36. The molecule has 0 radical (unpaired) electrons. The molecule has 9 heteroatoms. The van der Waals surface area contributed by atoms with E-state index in [-0.39, 0.29) is 17.3 Å². The van der Waals surface area contributed by atoms with Gasteiger partial charge in [-0.1, -0.05) is 30.0 Å². The van der Waals surface area contributed by atoms with Gasteiger partial charge >= 0.3 is 0 Å². The molecule has 1 N–H and O–H groups in total. The minimum absolute atomic E-state index is 0.112. The summed E-state index contributed by atoms with van der Waals surface area (Å²) in [7, 11) is 0. The van der Waals surface area contributed by atoms with E-state index in [9.17, 15) is 9.18 Å². The Labute approximate surface area is 161 Å². The van der Waals surface area contributed by atoms with Crippen molar-refractivity contribution in [1.29, 1.82) is 0 Å². The molecule has 3 rings (SSSR count). The lowest BCUT2D eigenvalue weighted by molar-refractivity contribution is -0.113. The molecule has 7 nitrogen and oxygen atoms in total. The molecule has 1 aliphatic heterocycles. The van der Waals surface area contributed by atoms with Crippen LogP contribution in [0.25, 0.3) is 0 Å². The number of para-hydroxylation sites is 1. The van der Waals surface area contributed by atoms with Gasteiger partial charge in [-0.2, -0.15) is 0 Å². The summed E-state index contributed by atoms with van der Waals surface area (Å²) in [5, 5.41) is 11.7. The number of benzene rings is 1. The van der Waals surface area contributed by atoms with Gasteiger partial charge in [-0.3, -0.25) is 9.69 Å². The molecule has 144 valence electrons. The van der Waals surface area contributed by atoms with Crippen molar-refractivity contribution in [3.8, 4) is 0 Å². The molecule has 0 aliphatic carbocycles. The van der Waals surface area contributed by atoms with Crippen LogP contribution in [0.5, 0.6) is 0 Å². The topological polar surface area (TPSA) is 72.3 Å². The zero-order valence-electron chi connectivity index (χ0n) is 14.9. The molecule has 1 aromatic carbocycles. The SMILES string of the molecule is C=CCn1c(CN2CCOCC2)nnc1SCC(=O)Nc1ccccc1F. The van der Waals surface area contributed by atoms with Crippen molar-refractivity contribution < 1.29 is 13.9 Å². The first-order valence-corrected chi connectivity index (χ1v) is 9.66. The van der Waals surface area contributed by atoms with Crippen molar-refractivity contribution >= 4 is 23.4 Å². The van der Waals surface area contributed by atoms with Crippen LogP contribution in [-0.2, 0) is 22.6 Å². The van der Waals surface area contributed by atoms with E-state index in [1.54, 1.807) is 18.2 Å². The number of rotatable bonds is 8. The van der Waals surface area contributed by atoms with E-state index in [1.165, 1.54) is 23.9 Å². The Morgan fingerprint density at radius 1 is 1.33 bits per heavy atom. The predicted octanol–water partition coefficient (Wildman–Crippen LogP) is 2.17. The average molecular weight is 391 g/mol. The Bertz CT molecular complexity index is 792. The molecule has 1 aromatic heterocycles. The van der Waals surface area contributed by atoms with Crippen LogP contribution in [0.3, 0.4) is 0 Å². The minimum atomic E-state index is -0.460. The van der Waals surface area contributed by atoms with Crippen LogP contribution in [-0.4, -0.2) is 57.6 Å². The Balaban J connectivity index is 1.61. The van der Waals surface area contributed by atoms with Crippen LogP contribution in [0.15, 0.2) is 42.1 Å². The summed E-state index contributed by atoms with van der Waals surface area (Å²) in [4.78, 5) is 14.4. The van der Waals surface area contributed by atoms with Crippen molar-refractivity contribution in [2.75, 3.05) is 37.4 Å². The number of nitrogens with one attached hydrogen (secondary N) is 1. The lowest BCUT2D eigenvalue weighted by atomic mass is 10.3. The number of carbonyl (C=O) groups excluding carboxylic acids is 1. The molecule has 1 saturated heterocycles. The highest BCUT2D eigenvalue weighted by Crippen LogP contribution is 2.20. The molecule has 0 unspecified atom stereocenters. The molecule has 1 aliphatic rings. The second kappa shape index (κ2) is 9.63.